The molecule has 5 nitrogen and oxygen atoms in total. The minimum atomic E-state index is -0.103. The Bertz CT molecular complexity index is 819. The molecule has 18 heavy (non-hydrogen) atoms. The summed E-state index contributed by atoms with van der Waals surface area (Å²) in [6, 6.07) is 3.50. The SMILES string of the molecule is COc1cc2c(cc1Cl)ncc1c(=O)n(C)[nH]c12. The molecule has 0 spiro atoms. The zero-order valence-electron chi connectivity index (χ0n) is 9.82. The van der Waals surface area contributed by atoms with Crippen molar-refractivity contribution in [2.75, 3.05) is 7.11 Å². The molecule has 0 amide bonds. The number of hydrogen-bond donors (Lipinski definition) is 1. The van der Waals surface area contributed by atoms with Crippen LogP contribution >= 0.6 is 11.6 Å². The average Bonchev–Trinajstić information content (AvgIpc) is 2.65. The number of methoxy groups -OCH3 is 1. The van der Waals surface area contributed by atoms with E-state index in [1.165, 1.54) is 4.68 Å². The molecule has 2 aromatic heterocycles. The van der Waals surface area contributed by atoms with Gasteiger partial charge in [0.05, 0.1) is 28.6 Å². The van der Waals surface area contributed by atoms with E-state index in [9.17, 15) is 4.79 Å². The predicted octanol–water partition coefficient (Wildman–Crippen LogP) is 2.08. The van der Waals surface area contributed by atoms with Gasteiger partial charge in [0.25, 0.3) is 5.56 Å². The van der Waals surface area contributed by atoms with E-state index in [4.69, 9.17) is 16.3 Å². The van der Waals surface area contributed by atoms with Crippen LogP contribution in [0.5, 0.6) is 5.75 Å². The van der Waals surface area contributed by atoms with Gasteiger partial charge in [-0.25, -0.2) is 0 Å². The number of hydrogen-bond acceptors (Lipinski definition) is 3. The van der Waals surface area contributed by atoms with E-state index in [-0.39, 0.29) is 5.56 Å². The fourth-order valence-electron chi connectivity index (χ4n) is 2.03. The van der Waals surface area contributed by atoms with Crippen LogP contribution < -0.4 is 10.3 Å². The van der Waals surface area contributed by atoms with Crippen molar-refractivity contribution in [3.8, 4) is 5.75 Å². The quantitative estimate of drug-likeness (QED) is 0.731. The monoisotopic (exact) mass is 263 g/mol. The normalized spacial score (nSPS) is 11.3. The van der Waals surface area contributed by atoms with Crippen molar-refractivity contribution in [2.45, 2.75) is 0 Å². The molecular formula is C12H10ClN3O2. The maximum absolute atomic E-state index is 11.8. The molecule has 0 aliphatic rings. The van der Waals surface area contributed by atoms with Gasteiger partial charge in [-0.2, -0.15) is 0 Å². The summed E-state index contributed by atoms with van der Waals surface area (Å²) in [5.41, 5.74) is 1.35. The lowest BCUT2D eigenvalue weighted by molar-refractivity contribution is 0.415. The third kappa shape index (κ3) is 1.41. The van der Waals surface area contributed by atoms with Crippen molar-refractivity contribution in [1.29, 1.82) is 0 Å². The summed E-state index contributed by atoms with van der Waals surface area (Å²) < 4.78 is 6.60. The number of aromatic nitrogens is 3. The van der Waals surface area contributed by atoms with Crippen LogP contribution in [0.2, 0.25) is 5.02 Å². The minimum Gasteiger partial charge on any atom is -0.495 e. The molecule has 3 rings (SSSR count). The second-order valence-corrected chi connectivity index (χ2v) is 4.43. The summed E-state index contributed by atoms with van der Waals surface area (Å²) >= 11 is 6.05. The lowest BCUT2D eigenvalue weighted by Gasteiger charge is -2.05. The third-order valence-electron chi connectivity index (χ3n) is 2.96. The Labute approximate surface area is 107 Å². The van der Waals surface area contributed by atoms with Gasteiger partial charge in [0, 0.05) is 18.6 Å². The van der Waals surface area contributed by atoms with E-state index in [1.807, 2.05) is 0 Å². The van der Waals surface area contributed by atoms with Crippen molar-refractivity contribution in [2.24, 2.45) is 7.05 Å². The van der Waals surface area contributed by atoms with E-state index in [0.29, 0.717) is 16.2 Å². The second-order valence-electron chi connectivity index (χ2n) is 4.03. The van der Waals surface area contributed by atoms with Crippen LogP contribution in [-0.4, -0.2) is 21.9 Å². The van der Waals surface area contributed by atoms with Gasteiger partial charge in [-0.05, 0) is 12.1 Å². The number of fused-ring (bicyclic) bond motifs is 3. The van der Waals surface area contributed by atoms with Gasteiger partial charge in [-0.3, -0.25) is 19.6 Å². The molecule has 0 bridgehead atoms. The largest absolute Gasteiger partial charge is 0.495 e. The fourth-order valence-corrected chi connectivity index (χ4v) is 2.27. The molecule has 92 valence electrons. The maximum Gasteiger partial charge on any atom is 0.275 e. The number of halogens is 1. The zero-order chi connectivity index (χ0) is 12.9. The molecule has 0 aliphatic carbocycles. The van der Waals surface area contributed by atoms with Crippen molar-refractivity contribution in [3.63, 3.8) is 0 Å². The Morgan fingerprint density at radius 1 is 1.39 bits per heavy atom. The minimum absolute atomic E-state index is 0.103. The van der Waals surface area contributed by atoms with Crippen LogP contribution in [0.3, 0.4) is 0 Å². The molecule has 1 N–H and O–H groups in total. The highest BCUT2D eigenvalue weighted by Crippen LogP contribution is 2.31. The van der Waals surface area contributed by atoms with Crippen LogP contribution in [0.4, 0.5) is 0 Å². The second kappa shape index (κ2) is 3.74. The molecule has 1 aromatic carbocycles. The molecule has 0 unspecified atom stereocenters. The molecule has 2 heterocycles. The topological polar surface area (TPSA) is 59.9 Å². The summed E-state index contributed by atoms with van der Waals surface area (Å²) in [7, 11) is 3.22. The number of H-pyrrole nitrogens is 1. The molecule has 6 heteroatoms. The summed E-state index contributed by atoms with van der Waals surface area (Å²) in [6.45, 7) is 0. The highest BCUT2D eigenvalue weighted by molar-refractivity contribution is 6.33. The number of aromatic amines is 1. The Hall–Kier alpha value is -2.01. The first-order valence-corrected chi connectivity index (χ1v) is 5.70. The van der Waals surface area contributed by atoms with Gasteiger partial charge < -0.3 is 4.74 Å². The van der Waals surface area contributed by atoms with Gasteiger partial charge in [0.15, 0.2) is 0 Å². The molecule has 0 fully saturated rings. The summed E-state index contributed by atoms with van der Waals surface area (Å²) in [5.74, 6) is 0.558. The molecule has 3 aromatic rings. The number of benzene rings is 1. The molecule has 0 saturated carbocycles. The zero-order valence-corrected chi connectivity index (χ0v) is 10.6. The number of ether oxygens (including phenoxy) is 1. The van der Waals surface area contributed by atoms with Gasteiger partial charge in [0.2, 0.25) is 0 Å². The van der Waals surface area contributed by atoms with Crippen LogP contribution in [0.1, 0.15) is 0 Å². The van der Waals surface area contributed by atoms with Crippen LogP contribution in [0.15, 0.2) is 23.1 Å². The van der Waals surface area contributed by atoms with Gasteiger partial charge in [-0.15, -0.1) is 0 Å². The summed E-state index contributed by atoms with van der Waals surface area (Å²) in [4.78, 5) is 16.1. The van der Waals surface area contributed by atoms with E-state index in [1.54, 1.807) is 32.5 Å². The van der Waals surface area contributed by atoms with Crippen molar-refractivity contribution in [1.82, 2.24) is 14.8 Å². The van der Waals surface area contributed by atoms with Crippen LogP contribution in [-0.2, 0) is 7.05 Å². The smallest absolute Gasteiger partial charge is 0.275 e. The lowest BCUT2D eigenvalue weighted by Crippen LogP contribution is -2.11. The maximum atomic E-state index is 11.8. The van der Waals surface area contributed by atoms with E-state index in [0.717, 1.165) is 16.4 Å². The van der Waals surface area contributed by atoms with Gasteiger partial charge in [-0.1, -0.05) is 11.6 Å². The Morgan fingerprint density at radius 2 is 2.17 bits per heavy atom. The standard InChI is InChI=1S/C12H10ClN3O2/c1-16-12(17)7-5-14-9-4-8(13)10(18-2)3-6(9)11(7)15-16/h3-5,15H,1-2H3. The number of nitrogens with one attached hydrogen (secondary N) is 1. The number of nitrogens with zero attached hydrogens (tertiary/aromatic N) is 2. The van der Waals surface area contributed by atoms with E-state index >= 15 is 0 Å². The van der Waals surface area contributed by atoms with Gasteiger partial charge >= 0.3 is 0 Å². The van der Waals surface area contributed by atoms with E-state index < -0.39 is 0 Å². The third-order valence-corrected chi connectivity index (χ3v) is 3.25. The molecule has 0 atom stereocenters. The molecule has 0 aliphatic heterocycles. The van der Waals surface area contributed by atoms with Crippen LogP contribution in [0.25, 0.3) is 21.8 Å². The first-order valence-electron chi connectivity index (χ1n) is 5.33. The fraction of sp³-hybridized carbons (Fsp3) is 0.167. The first kappa shape index (κ1) is 11.1. The summed E-state index contributed by atoms with van der Waals surface area (Å²) in [5, 5.41) is 4.86. The highest BCUT2D eigenvalue weighted by atomic mass is 35.5. The van der Waals surface area contributed by atoms with Crippen LogP contribution in [0, 0.1) is 0 Å². The Kier molecular flexibility index (Phi) is 2.31. The highest BCUT2D eigenvalue weighted by Gasteiger charge is 2.11. The van der Waals surface area contributed by atoms with Crippen molar-refractivity contribution < 1.29 is 4.74 Å². The number of rotatable bonds is 1. The molecular weight excluding hydrogens is 254 g/mol. The lowest BCUT2D eigenvalue weighted by atomic mass is 10.1. The predicted molar refractivity (Wildman–Crippen MR) is 70.4 cm³/mol. The number of pyridine rings is 1. The Morgan fingerprint density at radius 3 is 2.89 bits per heavy atom. The Balaban J connectivity index is 2.53. The summed E-state index contributed by atoms with van der Waals surface area (Å²) in [6.07, 6.45) is 1.55. The van der Waals surface area contributed by atoms with Crippen molar-refractivity contribution in [3.05, 3.63) is 33.7 Å². The first-order chi connectivity index (χ1) is 8.61. The van der Waals surface area contributed by atoms with Gasteiger partial charge in [0.1, 0.15) is 5.75 Å². The van der Waals surface area contributed by atoms with Crippen molar-refractivity contribution >= 4 is 33.4 Å². The molecule has 0 saturated heterocycles. The molecule has 0 radical (unpaired) electrons. The van der Waals surface area contributed by atoms with E-state index in [2.05, 4.69) is 10.1 Å². The average molecular weight is 264 g/mol. The number of aryl methyl sites for hydroxylation is 1.